The quantitative estimate of drug-likeness (QED) is 0.576. The lowest BCUT2D eigenvalue weighted by atomic mass is 10.1. The molecule has 1 amide bonds. The molecule has 0 unspecified atom stereocenters. The second-order valence-corrected chi connectivity index (χ2v) is 9.76. The van der Waals surface area contributed by atoms with Crippen LogP contribution in [0.25, 0.3) is 0 Å². The first-order chi connectivity index (χ1) is 15.0. The number of carbonyl (C=O) groups excluding carboxylic acids is 1. The first kappa shape index (κ1) is 23.9. The molecule has 0 aliphatic heterocycles. The summed E-state index contributed by atoms with van der Waals surface area (Å²) in [7, 11) is -1.19. The Kier molecular flexibility index (Phi) is 6.73. The molecule has 1 aliphatic rings. The lowest BCUT2D eigenvalue weighted by molar-refractivity contribution is -0.144. The van der Waals surface area contributed by atoms with E-state index in [0.717, 1.165) is 22.0 Å². The SMILES string of the molecule is COc1ccccc1N(C)S(=O)(=O)c1ccc(C(=O)N(CC(F)(F)F)[C@@H](C)C2CC2)cc1. The van der Waals surface area contributed by atoms with Gasteiger partial charge in [0.2, 0.25) is 0 Å². The highest BCUT2D eigenvalue weighted by molar-refractivity contribution is 7.92. The van der Waals surface area contributed by atoms with Crippen molar-refractivity contribution in [3.63, 3.8) is 0 Å². The minimum absolute atomic E-state index is 0.000597. The molecule has 2 aromatic rings. The molecule has 6 nitrogen and oxygen atoms in total. The fraction of sp³-hybridized carbons (Fsp3) is 0.409. The minimum Gasteiger partial charge on any atom is -0.495 e. The van der Waals surface area contributed by atoms with Gasteiger partial charge in [0.15, 0.2) is 0 Å². The third-order valence-electron chi connectivity index (χ3n) is 5.59. The maximum absolute atomic E-state index is 13.1. The molecule has 174 valence electrons. The molecule has 3 rings (SSSR count). The van der Waals surface area contributed by atoms with Crippen molar-refractivity contribution in [2.45, 2.75) is 36.9 Å². The number of nitrogens with zero attached hydrogens (tertiary/aromatic N) is 2. The van der Waals surface area contributed by atoms with Crippen LogP contribution in [0.15, 0.2) is 53.4 Å². The Morgan fingerprint density at radius 2 is 1.72 bits per heavy atom. The van der Waals surface area contributed by atoms with Crippen LogP contribution in [0.3, 0.4) is 0 Å². The van der Waals surface area contributed by atoms with Gasteiger partial charge < -0.3 is 9.64 Å². The summed E-state index contributed by atoms with van der Waals surface area (Å²) in [5.74, 6) is -0.360. The zero-order chi connectivity index (χ0) is 23.7. The monoisotopic (exact) mass is 470 g/mol. The van der Waals surface area contributed by atoms with E-state index in [1.165, 1.54) is 38.4 Å². The first-order valence-corrected chi connectivity index (χ1v) is 11.5. The number of methoxy groups -OCH3 is 1. The standard InChI is InChI=1S/C22H25F3N2O4S/c1-15(16-8-9-16)27(14-22(23,24)25)21(28)17-10-12-18(13-11-17)32(29,30)26(2)19-6-4-5-7-20(19)31-3/h4-7,10-13,15-16H,8-9,14H2,1-3H3/t15-/m0/s1. The second-order valence-electron chi connectivity index (χ2n) is 7.80. The highest BCUT2D eigenvalue weighted by Crippen LogP contribution is 2.37. The highest BCUT2D eigenvalue weighted by Gasteiger charge is 2.40. The van der Waals surface area contributed by atoms with E-state index in [1.807, 2.05) is 0 Å². The average molecular weight is 471 g/mol. The van der Waals surface area contributed by atoms with E-state index in [0.29, 0.717) is 11.4 Å². The molecule has 1 fully saturated rings. The van der Waals surface area contributed by atoms with Gasteiger partial charge in [0.25, 0.3) is 15.9 Å². The Hall–Kier alpha value is -2.75. The van der Waals surface area contributed by atoms with Gasteiger partial charge in [0, 0.05) is 18.7 Å². The van der Waals surface area contributed by atoms with Gasteiger partial charge in [0.05, 0.1) is 17.7 Å². The van der Waals surface area contributed by atoms with Crippen molar-refractivity contribution >= 4 is 21.6 Å². The molecular weight excluding hydrogens is 445 g/mol. The Bertz CT molecular complexity index is 1070. The van der Waals surface area contributed by atoms with Crippen LogP contribution < -0.4 is 9.04 Å². The van der Waals surface area contributed by atoms with Crippen LogP contribution >= 0.6 is 0 Å². The molecule has 0 N–H and O–H groups in total. The number of carbonyl (C=O) groups is 1. The van der Waals surface area contributed by atoms with Crippen LogP contribution in [0.2, 0.25) is 0 Å². The van der Waals surface area contributed by atoms with Crippen LogP contribution in [-0.4, -0.2) is 52.1 Å². The number of alkyl halides is 3. The maximum Gasteiger partial charge on any atom is 0.406 e. The molecule has 2 aromatic carbocycles. The van der Waals surface area contributed by atoms with Crippen LogP contribution in [0.1, 0.15) is 30.1 Å². The van der Waals surface area contributed by atoms with E-state index in [4.69, 9.17) is 4.74 Å². The molecule has 0 saturated heterocycles. The predicted molar refractivity (Wildman–Crippen MR) is 114 cm³/mol. The fourth-order valence-electron chi connectivity index (χ4n) is 3.54. The van der Waals surface area contributed by atoms with E-state index in [2.05, 4.69) is 0 Å². The van der Waals surface area contributed by atoms with Crippen LogP contribution in [0, 0.1) is 5.92 Å². The van der Waals surface area contributed by atoms with E-state index in [9.17, 15) is 26.4 Å². The van der Waals surface area contributed by atoms with Gasteiger partial charge in [0.1, 0.15) is 12.3 Å². The van der Waals surface area contributed by atoms with Crippen molar-refractivity contribution in [3.8, 4) is 5.75 Å². The normalized spacial score (nSPS) is 15.2. The Morgan fingerprint density at radius 3 is 2.25 bits per heavy atom. The maximum atomic E-state index is 13.1. The fourth-order valence-corrected chi connectivity index (χ4v) is 4.75. The summed E-state index contributed by atoms with van der Waals surface area (Å²) in [5, 5.41) is 0. The Balaban J connectivity index is 1.86. The molecule has 0 bridgehead atoms. The minimum atomic E-state index is -4.53. The van der Waals surface area contributed by atoms with Crippen LogP contribution in [0.4, 0.5) is 18.9 Å². The van der Waals surface area contributed by atoms with Gasteiger partial charge >= 0.3 is 6.18 Å². The first-order valence-electron chi connectivity index (χ1n) is 10.1. The molecule has 32 heavy (non-hydrogen) atoms. The predicted octanol–water partition coefficient (Wildman–Crippen LogP) is 4.32. The summed E-state index contributed by atoms with van der Waals surface area (Å²) >= 11 is 0. The van der Waals surface area contributed by atoms with Crippen LogP contribution in [-0.2, 0) is 10.0 Å². The summed E-state index contributed by atoms with van der Waals surface area (Å²) in [4.78, 5) is 13.6. The lowest BCUT2D eigenvalue weighted by Crippen LogP contribution is -2.45. The third-order valence-corrected chi connectivity index (χ3v) is 7.38. The molecule has 10 heteroatoms. The summed E-state index contributed by atoms with van der Waals surface area (Å²) in [6, 6.07) is 11.0. The van der Waals surface area contributed by atoms with Gasteiger partial charge in [-0.25, -0.2) is 8.42 Å². The van der Waals surface area contributed by atoms with E-state index >= 15 is 0 Å². The number of hydrogen-bond donors (Lipinski definition) is 0. The summed E-state index contributed by atoms with van der Waals surface area (Å²) in [6.07, 6.45) is -2.95. The van der Waals surface area contributed by atoms with Gasteiger partial charge in [-0.2, -0.15) is 13.2 Å². The average Bonchev–Trinajstić information content (AvgIpc) is 3.61. The zero-order valence-corrected chi connectivity index (χ0v) is 18.8. The number of anilines is 1. The van der Waals surface area contributed by atoms with Crippen molar-refractivity contribution in [2.24, 2.45) is 5.92 Å². The van der Waals surface area contributed by atoms with Crippen molar-refractivity contribution in [1.29, 1.82) is 0 Å². The second kappa shape index (κ2) is 9.01. The number of amides is 1. The summed E-state index contributed by atoms with van der Waals surface area (Å²) in [5.41, 5.74) is 0.324. The number of hydrogen-bond acceptors (Lipinski definition) is 4. The molecule has 0 heterocycles. The molecule has 0 radical (unpaired) electrons. The Labute approximate surface area is 185 Å². The van der Waals surface area contributed by atoms with Crippen molar-refractivity contribution in [2.75, 3.05) is 25.0 Å². The molecule has 0 spiro atoms. The topological polar surface area (TPSA) is 66.9 Å². The third kappa shape index (κ3) is 5.17. The molecular formula is C22H25F3N2O4S. The molecule has 0 aromatic heterocycles. The van der Waals surface area contributed by atoms with E-state index in [-0.39, 0.29) is 16.4 Å². The number of ether oxygens (including phenoxy) is 1. The van der Waals surface area contributed by atoms with Crippen molar-refractivity contribution in [1.82, 2.24) is 4.90 Å². The van der Waals surface area contributed by atoms with Gasteiger partial charge in [-0.05, 0) is 62.1 Å². The van der Waals surface area contributed by atoms with E-state index in [1.54, 1.807) is 31.2 Å². The molecule has 1 saturated carbocycles. The van der Waals surface area contributed by atoms with Crippen molar-refractivity contribution < 1.29 is 31.1 Å². The van der Waals surface area contributed by atoms with E-state index < -0.39 is 34.7 Å². The number of sulfonamides is 1. The Morgan fingerprint density at radius 1 is 1.12 bits per heavy atom. The number of para-hydroxylation sites is 2. The van der Waals surface area contributed by atoms with Gasteiger partial charge in [-0.1, -0.05) is 12.1 Å². The molecule has 1 atom stereocenters. The number of benzene rings is 2. The number of halogens is 3. The number of rotatable bonds is 8. The largest absolute Gasteiger partial charge is 0.495 e. The van der Waals surface area contributed by atoms with Crippen molar-refractivity contribution in [3.05, 3.63) is 54.1 Å². The molecule has 1 aliphatic carbocycles. The summed E-state index contributed by atoms with van der Waals surface area (Å²) < 4.78 is 71.5. The highest BCUT2D eigenvalue weighted by atomic mass is 32.2. The smallest absolute Gasteiger partial charge is 0.406 e. The zero-order valence-electron chi connectivity index (χ0n) is 18.0. The summed E-state index contributed by atoms with van der Waals surface area (Å²) in [6.45, 7) is 0.266. The van der Waals surface area contributed by atoms with Gasteiger partial charge in [-0.15, -0.1) is 0 Å². The van der Waals surface area contributed by atoms with Crippen LogP contribution in [0.5, 0.6) is 5.75 Å². The lowest BCUT2D eigenvalue weighted by Gasteiger charge is -2.30. The van der Waals surface area contributed by atoms with Gasteiger partial charge in [-0.3, -0.25) is 9.10 Å².